The highest BCUT2D eigenvalue weighted by molar-refractivity contribution is 14.0. The number of aryl methyl sites for hydroxylation is 1. The monoisotopic (exact) mass is 556 g/mol. The molecule has 1 aromatic carbocycles. The minimum absolute atomic E-state index is 0. The van der Waals surface area contributed by atoms with E-state index in [4.69, 9.17) is 14.5 Å². The van der Waals surface area contributed by atoms with Crippen molar-refractivity contribution >= 4 is 29.9 Å². The fourth-order valence-electron chi connectivity index (χ4n) is 3.29. The van der Waals surface area contributed by atoms with Gasteiger partial charge in [0.2, 0.25) is 0 Å². The molecule has 0 spiro atoms. The van der Waals surface area contributed by atoms with Crippen molar-refractivity contribution in [2.24, 2.45) is 12.0 Å². The second-order valence-corrected chi connectivity index (χ2v) is 7.96. The number of hydrogen-bond donors (Lipinski definition) is 2. The fourth-order valence-corrected chi connectivity index (χ4v) is 3.29. The molecule has 0 unspecified atom stereocenters. The van der Waals surface area contributed by atoms with Crippen molar-refractivity contribution in [1.29, 1.82) is 0 Å². The highest BCUT2D eigenvalue weighted by Gasteiger charge is 2.14. The Balaban J connectivity index is 0.00000363. The summed E-state index contributed by atoms with van der Waals surface area (Å²) in [5.41, 5.74) is 2.36. The van der Waals surface area contributed by atoms with E-state index in [9.17, 15) is 0 Å². The molecule has 1 aliphatic rings. The van der Waals surface area contributed by atoms with Crippen molar-refractivity contribution in [3.05, 3.63) is 47.0 Å². The highest BCUT2D eigenvalue weighted by Crippen LogP contribution is 2.14. The van der Waals surface area contributed by atoms with E-state index >= 15 is 0 Å². The number of benzene rings is 1. The van der Waals surface area contributed by atoms with Gasteiger partial charge in [-0.1, -0.05) is 37.6 Å². The van der Waals surface area contributed by atoms with Gasteiger partial charge < -0.3 is 24.7 Å². The number of guanidine groups is 1. The number of unbranched alkanes of at least 4 members (excludes halogenated alkanes) is 1. The third-order valence-corrected chi connectivity index (χ3v) is 5.52. The Bertz CT molecular complexity index is 818. The standard InChI is InChI=1S/C23H36N6O2.HI/c1-4-5-12-24-23(26-16-22-28-27-18(2)29(22)3)25-15-19-6-8-20(9-7-19)17-31-21-10-13-30-14-11-21;/h6-9,21H,4-5,10-17H2,1-3H3,(H2,24,25,26);1H. The molecule has 1 saturated heterocycles. The Morgan fingerprint density at radius 1 is 1.16 bits per heavy atom. The van der Waals surface area contributed by atoms with Gasteiger partial charge in [-0.05, 0) is 37.3 Å². The molecule has 0 amide bonds. The van der Waals surface area contributed by atoms with Crippen LogP contribution in [0.2, 0.25) is 0 Å². The van der Waals surface area contributed by atoms with Crippen LogP contribution in [0.5, 0.6) is 0 Å². The maximum Gasteiger partial charge on any atom is 0.191 e. The predicted octanol–water partition coefficient (Wildman–Crippen LogP) is 3.47. The van der Waals surface area contributed by atoms with E-state index < -0.39 is 0 Å². The molecular weight excluding hydrogens is 519 g/mol. The second-order valence-electron chi connectivity index (χ2n) is 7.96. The first-order valence-electron chi connectivity index (χ1n) is 11.3. The van der Waals surface area contributed by atoms with Crippen molar-refractivity contribution in [2.45, 2.75) is 65.3 Å². The number of ether oxygens (including phenoxy) is 2. The number of nitrogens with zero attached hydrogens (tertiary/aromatic N) is 4. The van der Waals surface area contributed by atoms with Gasteiger partial charge in [0.1, 0.15) is 5.82 Å². The van der Waals surface area contributed by atoms with Gasteiger partial charge in [-0.15, -0.1) is 34.2 Å². The van der Waals surface area contributed by atoms with Crippen LogP contribution >= 0.6 is 24.0 Å². The topological polar surface area (TPSA) is 85.6 Å². The molecule has 1 aliphatic heterocycles. The minimum atomic E-state index is 0. The molecule has 1 aromatic heterocycles. The molecule has 3 rings (SSSR count). The van der Waals surface area contributed by atoms with Crippen LogP contribution in [0.4, 0.5) is 0 Å². The van der Waals surface area contributed by atoms with E-state index in [0.29, 0.717) is 25.8 Å². The second kappa shape index (κ2) is 14.4. The molecule has 8 nitrogen and oxygen atoms in total. The molecule has 0 atom stereocenters. The summed E-state index contributed by atoms with van der Waals surface area (Å²) in [4.78, 5) is 4.76. The van der Waals surface area contributed by atoms with Gasteiger partial charge in [-0.25, -0.2) is 4.99 Å². The van der Waals surface area contributed by atoms with E-state index in [1.807, 2.05) is 18.5 Å². The van der Waals surface area contributed by atoms with Gasteiger partial charge in [0.15, 0.2) is 11.8 Å². The lowest BCUT2D eigenvalue weighted by molar-refractivity contribution is -0.0390. The summed E-state index contributed by atoms with van der Waals surface area (Å²) < 4.78 is 13.4. The van der Waals surface area contributed by atoms with Crippen LogP contribution in [0.1, 0.15) is 55.4 Å². The zero-order valence-electron chi connectivity index (χ0n) is 19.5. The van der Waals surface area contributed by atoms with Crippen molar-refractivity contribution in [2.75, 3.05) is 19.8 Å². The van der Waals surface area contributed by atoms with E-state index in [-0.39, 0.29) is 24.0 Å². The van der Waals surface area contributed by atoms with Gasteiger partial charge in [0.25, 0.3) is 0 Å². The summed E-state index contributed by atoms with van der Waals surface area (Å²) >= 11 is 0. The summed E-state index contributed by atoms with van der Waals surface area (Å²) in [7, 11) is 1.97. The van der Waals surface area contributed by atoms with Crippen LogP contribution in [0.15, 0.2) is 29.3 Å². The third-order valence-electron chi connectivity index (χ3n) is 5.52. The first-order valence-corrected chi connectivity index (χ1v) is 11.3. The Hall–Kier alpha value is -1.72. The van der Waals surface area contributed by atoms with E-state index in [0.717, 1.165) is 63.1 Å². The zero-order chi connectivity index (χ0) is 21.9. The first-order chi connectivity index (χ1) is 15.2. The molecule has 32 heavy (non-hydrogen) atoms. The van der Waals surface area contributed by atoms with Crippen molar-refractivity contribution in [1.82, 2.24) is 25.4 Å². The minimum Gasteiger partial charge on any atom is -0.381 e. The molecule has 2 aromatic rings. The van der Waals surface area contributed by atoms with Gasteiger partial charge in [0.05, 0.1) is 25.8 Å². The highest BCUT2D eigenvalue weighted by atomic mass is 127. The molecular formula is C23H37IN6O2. The molecule has 0 aliphatic carbocycles. The normalized spacial score (nSPS) is 14.8. The third kappa shape index (κ3) is 8.67. The van der Waals surface area contributed by atoms with Crippen LogP contribution in [0.25, 0.3) is 0 Å². The molecule has 9 heteroatoms. The zero-order valence-corrected chi connectivity index (χ0v) is 21.8. The van der Waals surface area contributed by atoms with Crippen LogP contribution < -0.4 is 10.6 Å². The Morgan fingerprint density at radius 3 is 2.53 bits per heavy atom. The van der Waals surface area contributed by atoms with Crippen LogP contribution in [-0.2, 0) is 36.2 Å². The first kappa shape index (κ1) is 26.5. The number of halogens is 1. The number of hydrogen-bond acceptors (Lipinski definition) is 5. The van der Waals surface area contributed by atoms with Gasteiger partial charge in [-0.2, -0.15) is 0 Å². The lowest BCUT2D eigenvalue weighted by Crippen LogP contribution is -2.38. The quantitative estimate of drug-likeness (QED) is 0.202. The summed E-state index contributed by atoms with van der Waals surface area (Å²) in [5, 5.41) is 15.1. The molecule has 0 bridgehead atoms. The van der Waals surface area contributed by atoms with Gasteiger partial charge in [-0.3, -0.25) is 0 Å². The predicted molar refractivity (Wildman–Crippen MR) is 137 cm³/mol. The summed E-state index contributed by atoms with van der Waals surface area (Å²) in [6, 6.07) is 8.51. The average molecular weight is 556 g/mol. The van der Waals surface area contributed by atoms with E-state index in [1.54, 1.807) is 0 Å². The molecule has 0 radical (unpaired) electrons. The fraction of sp³-hybridized carbons (Fsp3) is 0.609. The van der Waals surface area contributed by atoms with Crippen molar-refractivity contribution < 1.29 is 9.47 Å². The largest absolute Gasteiger partial charge is 0.381 e. The Labute approximate surface area is 208 Å². The number of rotatable bonds is 10. The Morgan fingerprint density at radius 2 is 1.88 bits per heavy atom. The molecule has 2 heterocycles. The average Bonchev–Trinajstić information content (AvgIpc) is 3.13. The van der Waals surface area contributed by atoms with Crippen molar-refractivity contribution in [3.8, 4) is 0 Å². The maximum atomic E-state index is 6.01. The molecule has 0 saturated carbocycles. The lowest BCUT2D eigenvalue weighted by Gasteiger charge is -2.22. The van der Waals surface area contributed by atoms with Crippen LogP contribution in [0, 0.1) is 6.92 Å². The number of nitrogens with one attached hydrogen (secondary N) is 2. The van der Waals surface area contributed by atoms with Crippen LogP contribution in [-0.4, -0.2) is 46.6 Å². The SMILES string of the molecule is CCCCNC(=NCc1ccc(COC2CCOCC2)cc1)NCc1nnc(C)n1C.I. The molecule has 1 fully saturated rings. The molecule has 2 N–H and O–H groups in total. The number of aromatic nitrogens is 3. The van der Waals surface area contributed by atoms with Gasteiger partial charge >= 0.3 is 0 Å². The summed E-state index contributed by atoms with van der Waals surface area (Å²) in [6.45, 7) is 8.48. The van der Waals surface area contributed by atoms with E-state index in [2.05, 4.69) is 52.0 Å². The summed E-state index contributed by atoms with van der Waals surface area (Å²) in [5.74, 6) is 2.58. The number of aliphatic imine (C=N–C) groups is 1. The van der Waals surface area contributed by atoms with Crippen molar-refractivity contribution in [3.63, 3.8) is 0 Å². The molecule has 178 valence electrons. The smallest absolute Gasteiger partial charge is 0.191 e. The lowest BCUT2D eigenvalue weighted by atomic mass is 10.1. The van der Waals surface area contributed by atoms with E-state index in [1.165, 1.54) is 11.1 Å². The summed E-state index contributed by atoms with van der Waals surface area (Å²) in [6.07, 6.45) is 4.54. The maximum absolute atomic E-state index is 6.01. The van der Waals surface area contributed by atoms with Crippen LogP contribution in [0.3, 0.4) is 0 Å². The Kier molecular flexibility index (Phi) is 12.0. The van der Waals surface area contributed by atoms with Gasteiger partial charge in [0, 0.05) is 26.8 Å².